The van der Waals surface area contributed by atoms with E-state index < -0.39 is 0 Å². The van der Waals surface area contributed by atoms with Gasteiger partial charge in [-0.05, 0) is 31.2 Å². The highest BCUT2D eigenvalue weighted by atomic mass is 15.0. The smallest absolute Gasteiger partial charge is 0.108 e. The van der Waals surface area contributed by atoms with Gasteiger partial charge in [0.15, 0.2) is 0 Å². The topological polar surface area (TPSA) is 29.9 Å². The molecule has 3 nitrogen and oxygen atoms in total. The number of hydrogen-bond acceptors (Lipinski definition) is 2. The number of nitrogens with zero attached hydrogens (tertiary/aromatic N) is 2. The SMILES string of the molecule is CNC(CCc1nccn1C)CC(C)C(C)(C)C. The van der Waals surface area contributed by atoms with Crippen LogP contribution in [0.5, 0.6) is 0 Å². The molecule has 3 heteroatoms. The first-order valence-electron chi connectivity index (χ1n) is 6.98. The molecule has 0 saturated carbocycles. The van der Waals surface area contributed by atoms with E-state index in [1.165, 1.54) is 12.2 Å². The molecule has 1 heterocycles. The second kappa shape index (κ2) is 6.37. The summed E-state index contributed by atoms with van der Waals surface area (Å²) in [6, 6.07) is 0.580. The molecule has 1 aromatic rings. The lowest BCUT2D eigenvalue weighted by atomic mass is 9.78. The number of rotatable bonds is 6. The monoisotopic (exact) mass is 251 g/mol. The Hall–Kier alpha value is -0.830. The molecule has 0 fully saturated rings. The Balaban J connectivity index is 2.45. The third-order valence-corrected chi connectivity index (χ3v) is 4.16. The van der Waals surface area contributed by atoms with Crippen LogP contribution in [0.25, 0.3) is 0 Å². The fraction of sp³-hybridized carbons (Fsp3) is 0.800. The average molecular weight is 251 g/mol. The van der Waals surface area contributed by atoms with Crippen molar-refractivity contribution in [2.24, 2.45) is 18.4 Å². The van der Waals surface area contributed by atoms with Gasteiger partial charge in [-0.2, -0.15) is 0 Å². The summed E-state index contributed by atoms with van der Waals surface area (Å²) in [4.78, 5) is 4.39. The van der Waals surface area contributed by atoms with E-state index in [4.69, 9.17) is 0 Å². The van der Waals surface area contributed by atoms with Gasteiger partial charge < -0.3 is 9.88 Å². The van der Waals surface area contributed by atoms with Crippen molar-refractivity contribution in [1.82, 2.24) is 14.9 Å². The lowest BCUT2D eigenvalue weighted by molar-refractivity contribution is 0.222. The summed E-state index contributed by atoms with van der Waals surface area (Å²) in [5.74, 6) is 1.90. The van der Waals surface area contributed by atoms with E-state index in [0.717, 1.165) is 18.8 Å². The average Bonchev–Trinajstić information content (AvgIpc) is 2.68. The molecule has 0 radical (unpaired) electrons. The molecule has 0 aromatic carbocycles. The van der Waals surface area contributed by atoms with Crippen LogP contribution in [-0.2, 0) is 13.5 Å². The summed E-state index contributed by atoms with van der Waals surface area (Å²) in [5, 5.41) is 3.45. The molecule has 0 saturated heterocycles. The van der Waals surface area contributed by atoms with Crippen molar-refractivity contribution in [3.8, 4) is 0 Å². The van der Waals surface area contributed by atoms with Gasteiger partial charge in [0.1, 0.15) is 5.82 Å². The molecule has 0 aliphatic rings. The molecule has 0 spiro atoms. The van der Waals surface area contributed by atoms with Crippen molar-refractivity contribution in [3.63, 3.8) is 0 Å². The zero-order valence-electron chi connectivity index (χ0n) is 12.8. The second-order valence-corrected chi connectivity index (χ2v) is 6.48. The minimum atomic E-state index is 0.387. The highest BCUT2D eigenvalue weighted by Gasteiger charge is 2.23. The van der Waals surface area contributed by atoms with E-state index in [-0.39, 0.29) is 0 Å². The van der Waals surface area contributed by atoms with Crippen LogP contribution in [0.2, 0.25) is 0 Å². The van der Waals surface area contributed by atoms with Gasteiger partial charge in [-0.25, -0.2) is 4.98 Å². The zero-order chi connectivity index (χ0) is 13.8. The van der Waals surface area contributed by atoms with Crippen molar-refractivity contribution >= 4 is 0 Å². The van der Waals surface area contributed by atoms with Crippen LogP contribution in [0.1, 0.15) is 46.4 Å². The molecular formula is C15H29N3. The Labute approximate surface area is 112 Å². The minimum Gasteiger partial charge on any atom is -0.338 e. The molecule has 1 aromatic heterocycles. The third-order valence-electron chi connectivity index (χ3n) is 4.16. The third kappa shape index (κ3) is 4.45. The largest absolute Gasteiger partial charge is 0.338 e. The van der Waals surface area contributed by atoms with Gasteiger partial charge in [-0.3, -0.25) is 0 Å². The maximum absolute atomic E-state index is 4.39. The van der Waals surface area contributed by atoms with Crippen molar-refractivity contribution in [2.45, 2.75) is 53.0 Å². The van der Waals surface area contributed by atoms with Gasteiger partial charge in [0, 0.05) is 31.9 Å². The molecule has 18 heavy (non-hydrogen) atoms. The molecule has 1 rings (SSSR count). The molecule has 0 bridgehead atoms. The van der Waals surface area contributed by atoms with Crippen LogP contribution < -0.4 is 5.32 Å². The highest BCUT2D eigenvalue weighted by Crippen LogP contribution is 2.29. The second-order valence-electron chi connectivity index (χ2n) is 6.48. The molecule has 0 aliphatic carbocycles. The Kier molecular flexibility index (Phi) is 5.39. The lowest BCUT2D eigenvalue weighted by Gasteiger charge is -2.30. The van der Waals surface area contributed by atoms with Crippen LogP contribution in [0.3, 0.4) is 0 Å². The molecule has 104 valence electrons. The van der Waals surface area contributed by atoms with Crippen LogP contribution in [-0.4, -0.2) is 22.6 Å². The summed E-state index contributed by atoms with van der Waals surface area (Å²) < 4.78 is 2.11. The molecule has 1 N–H and O–H groups in total. The van der Waals surface area contributed by atoms with Gasteiger partial charge in [0.25, 0.3) is 0 Å². The standard InChI is InChI=1S/C15H29N3/c1-12(15(2,3)4)11-13(16-5)7-8-14-17-9-10-18(14)6/h9-10,12-13,16H,7-8,11H2,1-6H3. The lowest BCUT2D eigenvalue weighted by Crippen LogP contribution is -2.31. The van der Waals surface area contributed by atoms with Crippen LogP contribution in [0, 0.1) is 11.3 Å². The summed E-state index contributed by atoms with van der Waals surface area (Å²) in [6.45, 7) is 9.32. The van der Waals surface area contributed by atoms with Crippen LogP contribution in [0.15, 0.2) is 12.4 Å². The minimum absolute atomic E-state index is 0.387. The van der Waals surface area contributed by atoms with E-state index in [1.807, 2.05) is 12.4 Å². The molecule has 2 atom stereocenters. The van der Waals surface area contributed by atoms with E-state index >= 15 is 0 Å². The van der Waals surface area contributed by atoms with Gasteiger partial charge in [-0.1, -0.05) is 27.7 Å². The fourth-order valence-corrected chi connectivity index (χ4v) is 2.10. The maximum atomic E-state index is 4.39. The van der Waals surface area contributed by atoms with Crippen LogP contribution in [0.4, 0.5) is 0 Å². The molecule has 2 unspecified atom stereocenters. The first-order chi connectivity index (χ1) is 8.34. The summed E-state index contributed by atoms with van der Waals surface area (Å²) >= 11 is 0. The summed E-state index contributed by atoms with van der Waals surface area (Å²) in [7, 11) is 4.13. The first-order valence-corrected chi connectivity index (χ1v) is 6.98. The Morgan fingerprint density at radius 3 is 2.50 bits per heavy atom. The van der Waals surface area contributed by atoms with E-state index in [0.29, 0.717) is 11.5 Å². The Morgan fingerprint density at radius 2 is 2.06 bits per heavy atom. The number of aromatic nitrogens is 2. The first kappa shape index (κ1) is 15.2. The Bertz CT molecular complexity index is 349. The molecule has 0 amide bonds. The number of aryl methyl sites for hydroxylation is 2. The fourth-order valence-electron chi connectivity index (χ4n) is 2.10. The zero-order valence-corrected chi connectivity index (χ0v) is 12.8. The summed E-state index contributed by atoms with van der Waals surface area (Å²) in [5.41, 5.74) is 0.387. The van der Waals surface area contributed by atoms with Gasteiger partial charge in [0.2, 0.25) is 0 Å². The van der Waals surface area contributed by atoms with Crippen molar-refractivity contribution < 1.29 is 0 Å². The number of imidazole rings is 1. The van der Waals surface area contributed by atoms with Crippen LogP contribution >= 0.6 is 0 Å². The van der Waals surface area contributed by atoms with Gasteiger partial charge in [0.05, 0.1) is 0 Å². The van der Waals surface area contributed by atoms with Crippen molar-refractivity contribution in [2.75, 3.05) is 7.05 Å². The molecule has 0 aliphatic heterocycles. The number of nitrogens with one attached hydrogen (secondary N) is 1. The predicted octanol–water partition coefficient (Wildman–Crippen LogP) is 3.01. The normalized spacial score (nSPS) is 15.7. The predicted molar refractivity (Wildman–Crippen MR) is 77.6 cm³/mol. The molecular weight excluding hydrogens is 222 g/mol. The number of hydrogen-bond donors (Lipinski definition) is 1. The van der Waals surface area contributed by atoms with Crippen molar-refractivity contribution in [1.29, 1.82) is 0 Å². The highest BCUT2D eigenvalue weighted by molar-refractivity contribution is 4.92. The van der Waals surface area contributed by atoms with E-state index in [9.17, 15) is 0 Å². The van der Waals surface area contributed by atoms with Crippen molar-refractivity contribution in [3.05, 3.63) is 18.2 Å². The van der Waals surface area contributed by atoms with Gasteiger partial charge >= 0.3 is 0 Å². The summed E-state index contributed by atoms with van der Waals surface area (Å²) in [6.07, 6.45) is 7.32. The van der Waals surface area contributed by atoms with E-state index in [1.54, 1.807) is 0 Å². The maximum Gasteiger partial charge on any atom is 0.108 e. The quantitative estimate of drug-likeness (QED) is 0.842. The van der Waals surface area contributed by atoms with E-state index in [2.05, 4.69) is 56.7 Å². The Morgan fingerprint density at radius 1 is 1.39 bits per heavy atom. The van der Waals surface area contributed by atoms with Gasteiger partial charge in [-0.15, -0.1) is 0 Å².